The van der Waals surface area contributed by atoms with Gasteiger partial charge in [0.15, 0.2) is 0 Å². The fraction of sp³-hybridized carbons (Fsp3) is 0.647. The topological polar surface area (TPSA) is 96.4 Å². The molecule has 2 N–H and O–H groups in total. The predicted molar refractivity (Wildman–Crippen MR) is 98.4 cm³/mol. The fourth-order valence-corrected chi connectivity index (χ4v) is 5.09. The predicted octanol–water partition coefficient (Wildman–Crippen LogP) is 1.50. The molecule has 0 saturated heterocycles. The number of aliphatic hydroxyl groups is 1. The third-order valence-corrected chi connectivity index (χ3v) is 6.65. The molecule has 4 aliphatic rings. The SMILES string of the molecule is OC1(Cc2cn(C3=NNC4C5CCCCC5n5c(cnc5Cl)N34)nn2)CC1. The summed E-state index contributed by atoms with van der Waals surface area (Å²) in [5, 5.41) is 23.8. The van der Waals surface area contributed by atoms with E-state index in [0.29, 0.717) is 29.6 Å². The van der Waals surface area contributed by atoms with Gasteiger partial charge in [-0.05, 0) is 37.3 Å². The zero-order chi connectivity index (χ0) is 18.2. The van der Waals surface area contributed by atoms with Gasteiger partial charge in [-0.1, -0.05) is 18.1 Å². The van der Waals surface area contributed by atoms with Gasteiger partial charge in [0.25, 0.3) is 5.96 Å². The van der Waals surface area contributed by atoms with E-state index in [1.807, 2.05) is 12.4 Å². The maximum atomic E-state index is 10.2. The molecule has 2 aromatic rings. The first-order valence-corrected chi connectivity index (χ1v) is 10.00. The molecule has 0 amide bonds. The molecule has 4 heterocycles. The van der Waals surface area contributed by atoms with Crippen LogP contribution in [0.15, 0.2) is 17.5 Å². The minimum atomic E-state index is -0.592. The van der Waals surface area contributed by atoms with E-state index in [2.05, 4.69) is 35.3 Å². The summed E-state index contributed by atoms with van der Waals surface area (Å²) in [6, 6.07) is 0.350. The van der Waals surface area contributed by atoms with E-state index < -0.39 is 5.60 Å². The van der Waals surface area contributed by atoms with Crippen LogP contribution in [0.1, 0.15) is 50.3 Å². The summed E-state index contributed by atoms with van der Waals surface area (Å²) in [5.74, 6) is 2.02. The first-order valence-electron chi connectivity index (χ1n) is 9.62. The van der Waals surface area contributed by atoms with Crippen molar-refractivity contribution in [1.82, 2.24) is 30.0 Å². The van der Waals surface area contributed by atoms with E-state index in [4.69, 9.17) is 11.6 Å². The lowest BCUT2D eigenvalue weighted by molar-refractivity contribution is 0.149. The van der Waals surface area contributed by atoms with E-state index in [-0.39, 0.29) is 6.17 Å². The number of nitrogens with one attached hydrogen (secondary N) is 1. The zero-order valence-corrected chi connectivity index (χ0v) is 15.5. The van der Waals surface area contributed by atoms with Gasteiger partial charge < -0.3 is 5.11 Å². The maximum Gasteiger partial charge on any atom is 0.252 e. The Hall–Kier alpha value is -2.13. The molecule has 2 aliphatic heterocycles. The molecule has 3 atom stereocenters. The van der Waals surface area contributed by atoms with Gasteiger partial charge in [0.05, 0.1) is 23.7 Å². The van der Waals surface area contributed by atoms with Crippen LogP contribution < -0.4 is 10.3 Å². The third-order valence-electron chi connectivity index (χ3n) is 6.37. The summed E-state index contributed by atoms with van der Waals surface area (Å²) in [4.78, 5) is 6.50. The molecule has 0 bridgehead atoms. The van der Waals surface area contributed by atoms with Crippen molar-refractivity contribution in [3.05, 3.63) is 23.4 Å². The lowest BCUT2D eigenvalue weighted by Crippen LogP contribution is -2.54. The second-order valence-corrected chi connectivity index (χ2v) is 8.52. The van der Waals surface area contributed by atoms with Gasteiger partial charge in [0.1, 0.15) is 12.0 Å². The van der Waals surface area contributed by atoms with Crippen LogP contribution in [0, 0.1) is 5.92 Å². The molecule has 142 valence electrons. The molecule has 2 saturated carbocycles. The van der Waals surface area contributed by atoms with Crippen molar-refractivity contribution in [1.29, 1.82) is 0 Å². The molecule has 9 nitrogen and oxygen atoms in total. The van der Waals surface area contributed by atoms with Crippen molar-refractivity contribution in [3.8, 4) is 0 Å². The Balaban J connectivity index is 1.37. The number of hydrogen-bond donors (Lipinski definition) is 2. The minimum absolute atomic E-state index is 0.0748. The molecule has 2 aliphatic carbocycles. The highest BCUT2D eigenvalue weighted by Gasteiger charge is 2.48. The summed E-state index contributed by atoms with van der Waals surface area (Å²) >= 11 is 6.45. The van der Waals surface area contributed by atoms with E-state index in [1.54, 1.807) is 4.68 Å². The van der Waals surface area contributed by atoms with Crippen LogP contribution in [0.25, 0.3) is 0 Å². The number of rotatable bonds is 2. The van der Waals surface area contributed by atoms with Gasteiger partial charge >= 0.3 is 0 Å². The van der Waals surface area contributed by atoms with Crippen molar-refractivity contribution >= 4 is 23.4 Å². The quantitative estimate of drug-likeness (QED) is 0.809. The number of anilines is 1. The van der Waals surface area contributed by atoms with Crippen LogP contribution in [-0.4, -0.2) is 47.4 Å². The van der Waals surface area contributed by atoms with Crippen LogP contribution in [-0.2, 0) is 6.42 Å². The largest absolute Gasteiger partial charge is 0.389 e. The molecule has 2 fully saturated rings. The summed E-state index contributed by atoms with van der Waals surface area (Å²) in [6.07, 6.45) is 10.6. The highest BCUT2D eigenvalue weighted by molar-refractivity contribution is 6.28. The van der Waals surface area contributed by atoms with Gasteiger partial charge in [-0.25, -0.2) is 4.98 Å². The van der Waals surface area contributed by atoms with Gasteiger partial charge in [-0.15, -0.1) is 10.2 Å². The molecule has 10 heteroatoms. The number of hydrogen-bond acceptors (Lipinski definition) is 7. The van der Waals surface area contributed by atoms with Gasteiger partial charge in [0, 0.05) is 18.4 Å². The molecule has 0 aromatic carbocycles. The van der Waals surface area contributed by atoms with E-state index in [1.165, 1.54) is 12.8 Å². The number of hydrazone groups is 1. The van der Waals surface area contributed by atoms with E-state index in [0.717, 1.165) is 37.2 Å². The maximum absolute atomic E-state index is 10.2. The smallest absolute Gasteiger partial charge is 0.252 e. The Morgan fingerprint density at radius 2 is 2.15 bits per heavy atom. The molecule has 6 rings (SSSR count). The summed E-state index contributed by atoms with van der Waals surface area (Å²) < 4.78 is 3.83. The minimum Gasteiger partial charge on any atom is -0.389 e. The molecular formula is C17H21ClN8O. The van der Waals surface area contributed by atoms with Crippen LogP contribution in [0.5, 0.6) is 0 Å². The Labute approximate surface area is 161 Å². The Morgan fingerprint density at radius 1 is 1.30 bits per heavy atom. The number of imidazole rings is 1. The average Bonchev–Trinajstić information content (AvgIpc) is 3.07. The van der Waals surface area contributed by atoms with Crippen LogP contribution >= 0.6 is 11.6 Å². The molecule has 2 aromatic heterocycles. The zero-order valence-electron chi connectivity index (χ0n) is 14.8. The van der Waals surface area contributed by atoms with Crippen LogP contribution in [0.3, 0.4) is 0 Å². The summed E-state index contributed by atoms with van der Waals surface area (Å²) in [6.45, 7) is 0. The van der Waals surface area contributed by atoms with Crippen molar-refractivity contribution in [3.63, 3.8) is 0 Å². The number of halogens is 1. The Morgan fingerprint density at radius 3 is 3.00 bits per heavy atom. The lowest BCUT2D eigenvalue weighted by atomic mass is 9.80. The highest BCUT2D eigenvalue weighted by atomic mass is 35.5. The Kier molecular flexibility index (Phi) is 3.20. The van der Waals surface area contributed by atoms with Crippen LogP contribution in [0.4, 0.5) is 5.82 Å². The lowest BCUT2D eigenvalue weighted by Gasteiger charge is -2.45. The van der Waals surface area contributed by atoms with Gasteiger partial charge in [0.2, 0.25) is 5.28 Å². The van der Waals surface area contributed by atoms with Gasteiger partial charge in [-0.3, -0.25) is 14.9 Å². The van der Waals surface area contributed by atoms with Crippen molar-refractivity contribution < 1.29 is 5.11 Å². The van der Waals surface area contributed by atoms with Crippen molar-refractivity contribution in [2.24, 2.45) is 11.0 Å². The highest BCUT2D eigenvalue weighted by Crippen LogP contribution is 2.46. The van der Waals surface area contributed by atoms with Crippen molar-refractivity contribution in [2.45, 2.75) is 62.8 Å². The molecule has 0 radical (unpaired) electrons. The van der Waals surface area contributed by atoms with Crippen molar-refractivity contribution in [2.75, 3.05) is 4.90 Å². The second kappa shape index (κ2) is 5.45. The number of nitrogens with zero attached hydrogens (tertiary/aromatic N) is 7. The summed E-state index contributed by atoms with van der Waals surface area (Å²) in [7, 11) is 0. The normalized spacial score (nSPS) is 30.2. The number of aromatic nitrogens is 5. The number of fused-ring (bicyclic) bond motifs is 6. The van der Waals surface area contributed by atoms with Gasteiger partial charge in [-0.2, -0.15) is 4.68 Å². The van der Waals surface area contributed by atoms with E-state index in [9.17, 15) is 5.11 Å². The van der Waals surface area contributed by atoms with Crippen LogP contribution in [0.2, 0.25) is 5.28 Å². The Bertz CT molecular complexity index is 931. The molecule has 3 unspecified atom stereocenters. The second-order valence-electron chi connectivity index (χ2n) is 8.18. The van der Waals surface area contributed by atoms with E-state index >= 15 is 0 Å². The first-order chi connectivity index (χ1) is 13.1. The standard InChI is InChI=1S/C17H21ClN8O/c18-15-19-8-13-25(15)12-4-2-1-3-11(12)14-21-22-16(26(13)14)24-9-10(20-23-24)7-17(27)5-6-17/h8-9,11-12,14,21,27H,1-7H2. The summed E-state index contributed by atoms with van der Waals surface area (Å²) in [5.41, 5.74) is 3.50. The molecule has 27 heavy (non-hydrogen) atoms. The molecule has 0 spiro atoms. The fourth-order valence-electron chi connectivity index (χ4n) is 4.83. The monoisotopic (exact) mass is 388 g/mol. The third kappa shape index (κ3) is 2.34. The molecular weight excluding hydrogens is 368 g/mol. The first kappa shape index (κ1) is 15.9. The average molecular weight is 389 g/mol.